The first-order chi connectivity index (χ1) is 23.2. The summed E-state index contributed by atoms with van der Waals surface area (Å²) in [6.07, 6.45) is 3.48. The number of aryl methyl sites for hydroxylation is 2. The van der Waals surface area contributed by atoms with Crippen LogP contribution in [-0.4, -0.2) is 97.1 Å². The van der Waals surface area contributed by atoms with Crippen LogP contribution in [0.15, 0.2) is 55.1 Å². The van der Waals surface area contributed by atoms with Gasteiger partial charge < -0.3 is 40.0 Å². The van der Waals surface area contributed by atoms with Gasteiger partial charge in [0.1, 0.15) is 12.6 Å². The van der Waals surface area contributed by atoms with Gasteiger partial charge in [-0.2, -0.15) is 0 Å². The number of carbonyl (C=O) groups excluding carboxylic acids is 4. The molecule has 266 valence electrons. The summed E-state index contributed by atoms with van der Waals surface area (Å²) in [4.78, 5) is 70.2. The van der Waals surface area contributed by atoms with Crippen LogP contribution in [0.3, 0.4) is 0 Å². The third-order valence-corrected chi connectivity index (χ3v) is 7.50. The van der Waals surface area contributed by atoms with Crippen molar-refractivity contribution in [3.63, 3.8) is 0 Å². The summed E-state index contributed by atoms with van der Waals surface area (Å²) >= 11 is 0. The summed E-state index contributed by atoms with van der Waals surface area (Å²) in [7, 11) is 3.24. The lowest BCUT2D eigenvalue weighted by atomic mass is 9.88. The first-order valence-electron chi connectivity index (χ1n) is 15.6. The Morgan fingerprint density at radius 2 is 1.65 bits per heavy atom. The molecule has 3 rings (SSSR count). The highest BCUT2D eigenvalue weighted by Gasteiger charge is 2.41. The number of methoxy groups -OCH3 is 2. The van der Waals surface area contributed by atoms with Gasteiger partial charge in [-0.05, 0) is 68.5 Å². The molecule has 1 fully saturated rings. The van der Waals surface area contributed by atoms with Crippen LogP contribution in [0.1, 0.15) is 44.2 Å². The van der Waals surface area contributed by atoms with Gasteiger partial charge in [-0.1, -0.05) is 24.8 Å². The van der Waals surface area contributed by atoms with Crippen LogP contribution in [0.5, 0.6) is 11.5 Å². The van der Waals surface area contributed by atoms with Crippen LogP contribution in [-0.2, 0) is 46.3 Å². The fourth-order valence-corrected chi connectivity index (χ4v) is 4.75. The number of Topliss-reactive ketones (excluding diaryl/α,β-unsaturated/α-hetero) is 1. The molecule has 1 aliphatic heterocycles. The number of hydrogen-bond donors (Lipinski definition) is 4. The van der Waals surface area contributed by atoms with E-state index < -0.39 is 41.1 Å². The number of anilines is 1. The summed E-state index contributed by atoms with van der Waals surface area (Å²) in [5.41, 5.74) is 1.73. The molecular weight excluding hydrogens is 638 g/mol. The fourth-order valence-electron chi connectivity index (χ4n) is 4.75. The molecular formula is C35H45N3O11. The van der Waals surface area contributed by atoms with Crippen LogP contribution in [0, 0.1) is 5.41 Å². The van der Waals surface area contributed by atoms with E-state index in [0.717, 1.165) is 41.6 Å². The van der Waals surface area contributed by atoms with Gasteiger partial charge in [-0.15, -0.1) is 0 Å². The van der Waals surface area contributed by atoms with Crippen molar-refractivity contribution in [3.8, 4) is 11.5 Å². The number of nitrogens with zero attached hydrogens (tertiary/aromatic N) is 1. The molecule has 0 saturated carbocycles. The summed E-state index contributed by atoms with van der Waals surface area (Å²) < 4.78 is 15.4. The van der Waals surface area contributed by atoms with Crippen molar-refractivity contribution in [2.45, 2.75) is 52.0 Å². The average molecular weight is 684 g/mol. The summed E-state index contributed by atoms with van der Waals surface area (Å²) in [6, 6.07) is 12.5. The van der Waals surface area contributed by atoms with Crippen LogP contribution in [0.25, 0.3) is 0 Å². The second-order valence-corrected chi connectivity index (χ2v) is 11.8. The zero-order valence-corrected chi connectivity index (χ0v) is 28.3. The van der Waals surface area contributed by atoms with E-state index in [4.69, 9.17) is 24.4 Å². The third kappa shape index (κ3) is 13.1. The molecule has 0 bridgehead atoms. The van der Waals surface area contributed by atoms with E-state index in [-0.39, 0.29) is 38.4 Å². The number of ether oxygens (including phenoxy) is 3. The number of carbonyl (C=O) groups is 6. The van der Waals surface area contributed by atoms with E-state index in [9.17, 15) is 28.8 Å². The van der Waals surface area contributed by atoms with Crippen molar-refractivity contribution in [3.05, 3.63) is 66.2 Å². The van der Waals surface area contributed by atoms with Gasteiger partial charge in [-0.3, -0.25) is 19.2 Å². The monoisotopic (exact) mass is 683 g/mol. The predicted octanol–water partition coefficient (Wildman–Crippen LogP) is 2.88. The van der Waals surface area contributed by atoms with Crippen molar-refractivity contribution in [1.82, 2.24) is 10.2 Å². The standard InChI is InChI=1S/C21H25NO5.C14H20N2O6/c1-26-18-10-9-16(14-19(18)27-2)6-3-5-15-7-4-8-17(13-15)22-20(23)11-12-21(24)25;1-4-10(17)22-8-14(2,3)11(18)12(19)16-6-5-15-7-9(16)13(20)21/h4,7-10,13-14H,3,5-6,11-12H2,1-2H3,(H,22,23)(H,24,25);4,9,15H,1,5-8H2,2-3H3,(H,20,21). The topological polar surface area (TPSA) is 198 Å². The number of rotatable bonds is 16. The molecule has 1 aliphatic rings. The molecule has 1 saturated heterocycles. The molecule has 1 unspecified atom stereocenters. The maximum atomic E-state index is 12.3. The Kier molecular flexibility index (Phi) is 15.9. The molecule has 2 aromatic carbocycles. The average Bonchev–Trinajstić information content (AvgIpc) is 3.09. The van der Waals surface area contributed by atoms with Gasteiger partial charge >= 0.3 is 17.9 Å². The SMILES string of the molecule is C=CC(=O)OCC(C)(C)C(=O)C(=O)N1CCNCC1C(=O)O.COc1ccc(CCCc2cccc(NC(=O)CCC(=O)O)c2)cc1OC. The molecule has 2 amide bonds. The minimum absolute atomic E-state index is 0.0289. The molecule has 49 heavy (non-hydrogen) atoms. The third-order valence-electron chi connectivity index (χ3n) is 7.50. The Balaban J connectivity index is 0.000000348. The van der Waals surface area contributed by atoms with E-state index in [1.807, 2.05) is 36.4 Å². The van der Waals surface area contributed by atoms with Crippen LogP contribution in [0.2, 0.25) is 0 Å². The summed E-state index contributed by atoms with van der Waals surface area (Å²) in [6.45, 7) is 6.50. The number of nitrogens with one attached hydrogen (secondary N) is 2. The van der Waals surface area contributed by atoms with Gasteiger partial charge in [-0.25, -0.2) is 9.59 Å². The Morgan fingerprint density at radius 1 is 0.980 bits per heavy atom. The predicted molar refractivity (Wildman–Crippen MR) is 179 cm³/mol. The lowest BCUT2D eigenvalue weighted by Crippen LogP contribution is -2.59. The molecule has 14 nitrogen and oxygen atoms in total. The number of esters is 1. The highest BCUT2D eigenvalue weighted by molar-refractivity contribution is 6.38. The maximum Gasteiger partial charge on any atom is 0.330 e. The number of piperazine rings is 1. The number of carboxylic acid groups (broad SMARTS) is 2. The molecule has 0 radical (unpaired) electrons. The molecule has 4 N–H and O–H groups in total. The zero-order valence-electron chi connectivity index (χ0n) is 28.3. The smallest absolute Gasteiger partial charge is 0.330 e. The van der Waals surface area contributed by atoms with Gasteiger partial charge in [0.25, 0.3) is 5.91 Å². The van der Waals surface area contributed by atoms with Crippen molar-refractivity contribution in [2.24, 2.45) is 5.41 Å². The number of benzene rings is 2. The minimum Gasteiger partial charge on any atom is -0.493 e. The van der Waals surface area contributed by atoms with E-state index in [1.54, 1.807) is 20.3 Å². The zero-order chi connectivity index (χ0) is 36.6. The Hall–Kier alpha value is -5.24. The lowest BCUT2D eigenvalue weighted by molar-refractivity contribution is -0.159. The first-order valence-corrected chi connectivity index (χ1v) is 15.6. The Bertz CT molecular complexity index is 1510. The number of ketones is 1. The van der Waals surface area contributed by atoms with E-state index in [0.29, 0.717) is 18.0 Å². The van der Waals surface area contributed by atoms with Crippen molar-refractivity contribution in [1.29, 1.82) is 0 Å². The molecule has 2 aromatic rings. The Labute approximate surface area is 285 Å². The van der Waals surface area contributed by atoms with Gasteiger partial charge in [0.2, 0.25) is 11.7 Å². The van der Waals surface area contributed by atoms with Gasteiger partial charge in [0.05, 0.1) is 26.1 Å². The van der Waals surface area contributed by atoms with Crippen molar-refractivity contribution >= 4 is 41.2 Å². The number of aliphatic carboxylic acids is 2. The minimum atomic E-state index is -1.25. The maximum absolute atomic E-state index is 12.3. The Morgan fingerprint density at radius 3 is 2.27 bits per heavy atom. The molecule has 1 heterocycles. The molecule has 0 aliphatic carbocycles. The molecule has 14 heteroatoms. The first kappa shape index (κ1) is 39.9. The lowest BCUT2D eigenvalue weighted by Gasteiger charge is -2.34. The van der Waals surface area contributed by atoms with Crippen molar-refractivity contribution < 1.29 is 53.2 Å². The summed E-state index contributed by atoms with van der Waals surface area (Å²) in [5.74, 6) is -3.38. The second-order valence-electron chi connectivity index (χ2n) is 11.8. The number of amides is 2. The highest BCUT2D eigenvalue weighted by Crippen LogP contribution is 2.28. The number of hydrogen-bond acceptors (Lipinski definition) is 10. The summed E-state index contributed by atoms with van der Waals surface area (Å²) in [5, 5.41) is 23.4. The van der Waals surface area contributed by atoms with E-state index in [2.05, 4.69) is 17.2 Å². The normalized spacial score (nSPS) is 14.0. The van der Waals surface area contributed by atoms with E-state index in [1.165, 1.54) is 19.4 Å². The molecule has 0 aromatic heterocycles. The second kappa shape index (κ2) is 19.5. The largest absolute Gasteiger partial charge is 0.493 e. The fraction of sp³-hybridized carbons (Fsp3) is 0.429. The van der Waals surface area contributed by atoms with Gasteiger partial charge in [0, 0.05) is 37.8 Å². The van der Waals surface area contributed by atoms with Gasteiger partial charge in [0.15, 0.2) is 11.5 Å². The molecule has 1 atom stereocenters. The molecule has 0 spiro atoms. The van der Waals surface area contributed by atoms with Crippen LogP contribution in [0.4, 0.5) is 5.69 Å². The number of carboxylic acids is 2. The van der Waals surface area contributed by atoms with E-state index >= 15 is 0 Å². The van der Waals surface area contributed by atoms with Crippen molar-refractivity contribution in [2.75, 3.05) is 45.8 Å². The van der Waals surface area contributed by atoms with Crippen LogP contribution >= 0.6 is 0 Å². The quantitative estimate of drug-likeness (QED) is 0.115. The highest BCUT2D eigenvalue weighted by atomic mass is 16.5. The van der Waals surface area contributed by atoms with Crippen LogP contribution < -0.4 is 20.1 Å².